The molecule has 17 heavy (non-hydrogen) atoms. The molecule has 1 aromatic rings. The van der Waals surface area contributed by atoms with Crippen molar-refractivity contribution in [1.29, 1.82) is 0 Å². The van der Waals surface area contributed by atoms with Crippen LogP contribution in [0.4, 0.5) is 0 Å². The van der Waals surface area contributed by atoms with Crippen LogP contribution in [0.5, 0.6) is 0 Å². The molecule has 1 aromatic carbocycles. The van der Waals surface area contributed by atoms with Crippen LogP contribution >= 0.6 is 0 Å². The highest BCUT2D eigenvalue weighted by Gasteiger charge is 2.40. The lowest BCUT2D eigenvalue weighted by atomic mass is 9.77. The molecule has 0 saturated heterocycles. The van der Waals surface area contributed by atoms with Gasteiger partial charge in [0.25, 0.3) is 0 Å². The Morgan fingerprint density at radius 2 is 1.71 bits per heavy atom. The van der Waals surface area contributed by atoms with Crippen molar-refractivity contribution in [2.24, 2.45) is 5.41 Å². The molecule has 0 fully saturated rings. The van der Waals surface area contributed by atoms with E-state index in [-0.39, 0.29) is 0 Å². The van der Waals surface area contributed by atoms with E-state index in [0.717, 1.165) is 12.0 Å². The maximum atomic E-state index is 9.81. The minimum absolute atomic E-state index is 0.661. The Hall–Kier alpha value is -1.38. The van der Waals surface area contributed by atoms with Crippen molar-refractivity contribution in [3.05, 3.63) is 59.7 Å². The summed E-state index contributed by atoms with van der Waals surface area (Å²) < 4.78 is 0. The molecule has 0 saturated carbocycles. The van der Waals surface area contributed by atoms with E-state index in [1.54, 1.807) is 6.08 Å². The zero-order chi connectivity index (χ0) is 12.5. The second-order valence-electron chi connectivity index (χ2n) is 5.16. The number of allylic oxidation sites excluding steroid dienone is 2. The third-order valence-electron chi connectivity index (χ3n) is 3.28. The predicted molar refractivity (Wildman–Crippen MR) is 68.3 cm³/mol. The van der Waals surface area contributed by atoms with E-state index in [0.29, 0.717) is 0 Å². The molecule has 0 atom stereocenters. The van der Waals surface area contributed by atoms with Crippen molar-refractivity contribution < 1.29 is 10.2 Å². The summed E-state index contributed by atoms with van der Waals surface area (Å²) in [5, 5.41) is 19.6. The maximum absolute atomic E-state index is 9.81. The summed E-state index contributed by atoms with van der Waals surface area (Å²) >= 11 is 0. The van der Waals surface area contributed by atoms with Crippen LogP contribution in [0, 0.1) is 5.41 Å². The van der Waals surface area contributed by atoms with Gasteiger partial charge in [0.15, 0.2) is 5.79 Å². The van der Waals surface area contributed by atoms with Gasteiger partial charge in [-0.1, -0.05) is 56.3 Å². The summed E-state index contributed by atoms with van der Waals surface area (Å²) in [5.41, 5.74) is 1.67. The lowest BCUT2D eigenvalue weighted by Gasteiger charge is -2.36. The van der Waals surface area contributed by atoms with E-state index in [4.69, 9.17) is 0 Å². The zero-order valence-corrected chi connectivity index (χ0v) is 10.2. The molecule has 0 bridgehead atoms. The summed E-state index contributed by atoms with van der Waals surface area (Å²) in [6.07, 6.45) is 6.00. The standard InChI is InChI=1S/C15H18O2/c1-14(2)11-13(8-9-15(14,16)17)10-12-6-4-3-5-7-12/h3-9,11,16-17H,10H2,1-2H3. The van der Waals surface area contributed by atoms with Crippen LogP contribution in [0.2, 0.25) is 0 Å². The first kappa shape index (κ1) is 12.1. The van der Waals surface area contributed by atoms with Crippen LogP contribution in [0.1, 0.15) is 19.4 Å². The monoisotopic (exact) mass is 230 g/mol. The largest absolute Gasteiger partial charge is 0.362 e. The van der Waals surface area contributed by atoms with E-state index in [9.17, 15) is 10.2 Å². The Balaban J connectivity index is 2.20. The fourth-order valence-corrected chi connectivity index (χ4v) is 2.00. The number of aliphatic hydroxyl groups is 2. The molecule has 2 heteroatoms. The number of hydrogen-bond donors (Lipinski definition) is 2. The first-order valence-corrected chi connectivity index (χ1v) is 5.80. The molecule has 0 aliphatic heterocycles. The van der Waals surface area contributed by atoms with E-state index < -0.39 is 11.2 Å². The summed E-state index contributed by atoms with van der Waals surface area (Å²) in [5.74, 6) is -1.76. The third-order valence-corrected chi connectivity index (χ3v) is 3.28. The normalized spacial score (nSPS) is 21.1. The van der Waals surface area contributed by atoms with Gasteiger partial charge in [-0.25, -0.2) is 0 Å². The van der Waals surface area contributed by atoms with E-state index in [2.05, 4.69) is 12.1 Å². The second kappa shape index (κ2) is 4.13. The third kappa shape index (κ3) is 2.48. The molecule has 0 radical (unpaired) electrons. The number of rotatable bonds is 2. The fraction of sp³-hybridized carbons (Fsp3) is 0.333. The lowest BCUT2D eigenvalue weighted by molar-refractivity contribution is -0.179. The van der Waals surface area contributed by atoms with Gasteiger partial charge < -0.3 is 10.2 Å². The van der Waals surface area contributed by atoms with Crippen molar-refractivity contribution >= 4 is 0 Å². The summed E-state index contributed by atoms with van der Waals surface area (Å²) in [6.45, 7) is 3.64. The molecular weight excluding hydrogens is 212 g/mol. The Morgan fingerprint density at radius 3 is 2.29 bits per heavy atom. The minimum Gasteiger partial charge on any atom is -0.362 e. The molecule has 0 aromatic heterocycles. The zero-order valence-electron chi connectivity index (χ0n) is 10.2. The molecule has 2 nitrogen and oxygen atoms in total. The second-order valence-corrected chi connectivity index (χ2v) is 5.16. The van der Waals surface area contributed by atoms with Crippen molar-refractivity contribution in [2.45, 2.75) is 26.1 Å². The molecule has 0 unspecified atom stereocenters. The predicted octanol–water partition coefficient (Wildman–Crippen LogP) is 2.43. The van der Waals surface area contributed by atoms with Crippen LogP contribution in [0.15, 0.2) is 54.1 Å². The van der Waals surface area contributed by atoms with Crippen LogP contribution < -0.4 is 0 Å². The Labute approximate surface area is 102 Å². The molecule has 0 heterocycles. The van der Waals surface area contributed by atoms with Crippen LogP contribution in [-0.4, -0.2) is 16.0 Å². The van der Waals surface area contributed by atoms with Crippen LogP contribution in [0.25, 0.3) is 0 Å². The molecule has 0 spiro atoms. The SMILES string of the molecule is CC1(C)C=C(Cc2ccccc2)C=CC1(O)O. The minimum atomic E-state index is -1.76. The van der Waals surface area contributed by atoms with Gasteiger partial charge in [0.2, 0.25) is 0 Å². The average molecular weight is 230 g/mol. The number of hydrogen-bond acceptors (Lipinski definition) is 2. The van der Waals surface area contributed by atoms with E-state index in [1.807, 2.05) is 38.1 Å². The van der Waals surface area contributed by atoms with Gasteiger partial charge in [0, 0.05) is 5.41 Å². The van der Waals surface area contributed by atoms with Crippen molar-refractivity contribution in [1.82, 2.24) is 0 Å². The average Bonchev–Trinajstić information content (AvgIpc) is 2.25. The highest BCUT2D eigenvalue weighted by Crippen LogP contribution is 2.36. The number of benzene rings is 1. The molecule has 90 valence electrons. The lowest BCUT2D eigenvalue weighted by Crippen LogP contribution is -2.43. The molecule has 0 amide bonds. The van der Waals surface area contributed by atoms with Crippen LogP contribution in [-0.2, 0) is 6.42 Å². The van der Waals surface area contributed by atoms with Gasteiger partial charge >= 0.3 is 0 Å². The summed E-state index contributed by atoms with van der Waals surface area (Å²) in [4.78, 5) is 0. The van der Waals surface area contributed by atoms with Gasteiger partial charge in [-0.05, 0) is 23.6 Å². The van der Waals surface area contributed by atoms with E-state index in [1.165, 1.54) is 11.6 Å². The topological polar surface area (TPSA) is 40.5 Å². The van der Waals surface area contributed by atoms with Crippen LogP contribution in [0.3, 0.4) is 0 Å². The Morgan fingerprint density at radius 1 is 1.06 bits per heavy atom. The molecule has 1 aliphatic carbocycles. The van der Waals surface area contributed by atoms with E-state index >= 15 is 0 Å². The van der Waals surface area contributed by atoms with Gasteiger partial charge in [0.1, 0.15) is 0 Å². The van der Waals surface area contributed by atoms with Crippen molar-refractivity contribution in [3.8, 4) is 0 Å². The Kier molecular flexibility index (Phi) is 2.94. The Bertz CT molecular complexity index is 453. The molecule has 2 rings (SSSR count). The molecular formula is C15H18O2. The quantitative estimate of drug-likeness (QED) is 0.766. The van der Waals surface area contributed by atoms with Gasteiger partial charge in [-0.15, -0.1) is 0 Å². The smallest absolute Gasteiger partial charge is 0.191 e. The first-order valence-electron chi connectivity index (χ1n) is 5.80. The first-order chi connectivity index (χ1) is 7.91. The van der Waals surface area contributed by atoms with Gasteiger partial charge in [-0.2, -0.15) is 0 Å². The highest BCUT2D eigenvalue weighted by molar-refractivity contribution is 5.35. The highest BCUT2D eigenvalue weighted by atomic mass is 16.5. The van der Waals surface area contributed by atoms with Gasteiger partial charge in [0.05, 0.1) is 0 Å². The summed E-state index contributed by atoms with van der Waals surface area (Å²) in [6, 6.07) is 10.2. The van der Waals surface area contributed by atoms with Crippen molar-refractivity contribution in [3.63, 3.8) is 0 Å². The molecule has 1 aliphatic rings. The maximum Gasteiger partial charge on any atom is 0.191 e. The molecule has 2 N–H and O–H groups in total. The fourth-order valence-electron chi connectivity index (χ4n) is 2.00. The van der Waals surface area contributed by atoms with Gasteiger partial charge in [-0.3, -0.25) is 0 Å². The summed E-state index contributed by atoms with van der Waals surface area (Å²) in [7, 11) is 0. The van der Waals surface area contributed by atoms with Crippen molar-refractivity contribution in [2.75, 3.05) is 0 Å².